The number of rotatable bonds is 8. The van der Waals surface area contributed by atoms with Crippen LogP contribution in [0, 0.1) is 11.3 Å². The van der Waals surface area contributed by atoms with Crippen LogP contribution >= 0.6 is 0 Å². The molecule has 0 spiro atoms. The van der Waals surface area contributed by atoms with Crippen LogP contribution in [0.15, 0.2) is 0 Å². The van der Waals surface area contributed by atoms with Crippen molar-refractivity contribution < 1.29 is 4.74 Å². The van der Waals surface area contributed by atoms with Gasteiger partial charge in [-0.1, -0.05) is 20.8 Å². The summed E-state index contributed by atoms with van der Waals surface area (Å²) in [5.41, 5.74) is -0.339. The Kier molecular flexibility index (Phi) is 7.50. The Morgan fingerprint density at radius 3 is 2.70 bits per heavy atom. The molecule has 4 heteroatoms. The van der Waals surface area contributed by atoms with Crippen LogP contribution in [-0.2, 0) is 4.74 Å². The lowest BCUT2D eigenvalue weighted by Gasteiger charge is -2.38. The summed E-state index contributed by atoms with van der Waals surface area (Å²) in [6, 6.07) is 3.03. The van der Waals surface area contributed by atoms with Gasteiger partial charge in [0.15, 0.2) is 0 Å². The minimum atomic E-state index is -0.339. The molecule has 0 radical (unpaired) electrons. The van der Waals surface area contributed by atoms with E-state index in [1.165, 1.54) is 0 Å². The fourth-order valence-electron chi connectivity index (χ4n) is 3.05. The van der Waals surface area contributed by atoms with E-state index in [4.69, 9.17) is 4.74 Å². The van der Waals surface area contributed by atoms with Gasteiger partial charge in [-0.25, -0.2) is 0 Å². The van der Waals surface area contributed by atoms with E-state index in [-0.39, 0.29) is 5.54 Å². The summed E-state index contributed by atoms with van der Waals surface area (Å²) in [7, 11) is 0. The Balaban J connectivity index is 2.46. The maximum absolute atomic E-state index is 9.44. The molecule has 0 amide bonds. The zero-order valence-corrected chi connectivity index (χ0v) is 13.6. The highest BCUT2D eigenvalue weighted by Crippen LogP contribution is 2.19. The van der Waals surface area contributed by atoms with Crippen molar-refractivity contribution in [2.75, 3.05) is 26.2 Å². The number of ether oxygens (including phenoxy) is 1. The number of nitrogens with one attached hydrogen (secondary N) is 1. The number of hydrogen-bond donors (Lipinski definition) is 1. The van der Waals surface area contributed by atoms with Crippen molar-refractivity contribution >= 4 is 0 Å². The quantitative estimate of drug-likeness (QED) is 0.743. The second-order valence-electron chi connectivity index (χ2n) is 5.88. The van der Waals surface area contributed by atoms with E-state index in [0.717, 1.165) is 51.9 Å². The minimum Gasteiger partial charge on any atom is -0.376 e. The topological polar surface area (TPSA) is 48.3 Å². The fraction of sp³-hybridized carbons (Fsp3) is 0.938. The summed E-state index contributed by atoms with van der Waals surface area (Å²) in [5.74, 6) is 0. The number of morpholine rings is 1. The molecule has 1 aliphatic heterocycles. The zero-order valence-electron chi connectivity index (χ0n) is 13.6. The minimum absolute atomic E-state index is 0.332. The standard InChI is InChI=1S/C16H31N3O/c1-5-15-12-20-14(4)11-19(15)10-8-9-16(6-2,13-17)18-7-3/h14-15,18H,5-12H2,1-4H3. The Morgan fingerprint density at radius 1 is 1.40 bits per heavy atom. The molecule has 0 bridgehead atoms. The molecular formula is C16H31N3O. The molecule has 0 aromatic heterocycles. The van der Waals surface area contributed by atoms with Crippen molar-refractivity contribution in [3.8, 4) is 6.07 Å². The van der Waals surface area contributed by atoms with E-state index in [0.29, 0.717) is 12.1 Å². The molecule has 0 saturated carbocycles. The molecule has 1 fully saturated rings. The van der Waals surface area contributed by atoms with Crippen LogP contribution in [0.5, 0.6) is 0 Å². The first-order chi connectivity index (χ1) is 9.60. The molecule has 0 aromatic carbocycles. The van der Waals surface area contributed by atoms with Gasteiger partial charge >= 0.3 is 0 Å². The van der Waals surface area contributed by atoms with Gasteiger partial charge in [-0.05, 0) is 45.7 Å². The van der Waals surface area contributed by atoms with Gasteiger partial charge in [-0.15, -0.1) is 0 Å². The molecule has 0 aromatic rings. The largest absolute Gasteiger partial charge is 0.376 e. The highest BCUT2D eigenvalue weighted by atomic mass is 16.5. The zero-order chi connectivity index (χ0) is 15.0. The van der Waals surface area contributed by atoms with Crippen LogP contribution in [0.3, 0.4) is 0 Å². The van der Waals surface area contributed by atoms with E-state index < -0.39 is 0 Å². The van der Waals surface area contributed by atoms with E-state index in [1.807, 2.05) is 0 Å². The number of nitrogens with zero attached hydrogens (tertiary/aromatic N) is 2. The van der Waals surface area contributed by atoms with Gasteiger partial charge in [0.1, 0.15) is 5.54 Å². The van der Waals surface area contributed by atoms with E-state index in [1.54, 1.807) is 0 Å². The maximum atomic E-state index is 9.44. The van der Waals surface area contributed by atoms with Crippen LogP contribution in [0.1, 0.15) is 53.4 Å². The molecule has 3 unspecified atom stereocenters. The van der Waals surface area contributed by atoms with E-state index in [2.05, 4.69) is 44.0 Å². The third kappa shape index (κ3) is 4.73. The molecule has 1 heterocycles. The second-order valence-corrected chi connectivity index (χ2v) is 5.88. The average molecular weight is 281 g/mol. The molecule has 1 saturated heterocycles. The van der Waals surface area contributed by atoms with Crippen LogP contribution < -0.4 is 5.32 Å². The fourth-order valence-corrected chi connectivity index (χ4v) is 3.05. The van der Waals surface area contributed by atoms with Crippen molar-refractivity contribution in [2.45, 2.75) is 71.1 Å². The summed E-state index contributed by atoms with van der Waals surface area (Å²) >= 11 is 0. The predicted molar refractivity (Wildman–Crippen MR) is 82.6 cm³/mol. The van der Waals surface area contributed by atoms with Crippen molar-refractivity contribution in [2.24, 2.45) is 0 Å². The van der Waals surface area contributed by atoms with Gasteiger partial charge in [0.2, 0.25) is 0 Å². The highest BCUT2D eigenvalue weighted by Gasteiger charge is 2.28. The van der Waals surface area contributed by atoms with Crippen molar-refractivity contribution in [1.82, 2.24) is 10.2 Å². The van der Waals surface area contributed by atoms with Crippen molar-refractivity contribution in [3.63, 3.8) is 0 Å². The van der Waals surface area contributed by atoms with E-state index in [9.17, 15) is 5.26 Å². The molecule has 116 valence electrons. The first-order valence-corrected chi connectivity index (χ1v) is 8.12. The second kappa shape index (κ2) is 8.61. The van der Waals surface area contributed by atoms with Gasteiger partial charge < -0.3 is 4.74 Å². The molecule has 4 nitrogen and oxygen atoms in total. The number of nitriles is 1. The van der Waals surface area contributed by atoms with Crippen LogP contribution in [0.4, 0.5) is 0 Å². The Hall–Kier alpha value is -0.630. The highest BCUT2D eigenvalue weighted by molar-refractivity contribution is 5.06. The smallest absolute Gasteiger partial charge is 0.106 e. The Morgan fingerprint density at radius 2 is 2.15 bits per heavy atom. The summed E-state index contributed by atoms with van der Waals surface area (Å²) in [6.07, 6.45) is 4.33. The monoisotopic (exact) mass is 281 g/mol. The molecule has 1 rings (SSSR count). The van der Waals surface area contributed by atoms with Crippen LogP contribution in [0.2, 0.25) is 0 Å². The number of hydrogen-bond acceptors (Lipinski definition) is 4. The van der Waals surface area contributed by atoms with E-state index >= 15 is 0 Å². The first-order valence-electron chi connectivity index (χ1n) is 8.12. The molecule has 1 aliphatic rings. The summed E-state index contributed by atoms with van der Waals surface area (Å²) < 4.78 is 5.73. The summed E-state index contributed by atoms with van der Waals surface area (Å²) in [5, 5.41) is 12.8. The van der Waals surface area contributed by atoms with Crippen LogP contribution in [-0.4, -0.2) is 48.8 Å². The van der Waals surface area contributed by atoms with Gasteiger partial charge in [-0.3, -0.25) is 10.2 Å². The summed E-state index contributed by atoms with van der Waals surface area (Å²) in [4.78, 5) is 2.54. The first kappa shape index (κ1) is 17.4. The molecule has 20 heavy (non-hydrogen) atoms. The predicted octanol–water partition coefficient (Wildman–Crippen LogP) is 2.55. The lowest BCUT2D eigenvalue weighted by atomic mass is 9.91. The summed E-state index contributed by atoms with van der Waals surface area (Å²) in [6.45, 7) is 12.3. The third-order valence-corrected chi connectivity index (χ3v) is 4.43. The van der Waals surface area contributed by atoms with Gasteiger partial charge in [-0.2, -0.15) is 5.26 Å². The molecule has 3 atom stereocenters. The van der Waals surface area contributed by atoms with Gasteiger partial charge in [0.05, 0.1) is 18.8 Å². The van der Waals surface area contributed by atoms with Gasteiger partial charge in [0, 0.05) is 12.6 Å². The molecule has 0 aliphatic carbocycles. The lowest BCUT2D eigenvalue weighted by molar-refractivity contribution is -0.0564. The Labute approximate surface area is 124 Å². The molecule has 1 N–H and O–H groups in total. The third-order valence-electron chi connectivity index (χ3n) is 4.43. The van der Waals surface area contributed by atoms with Crippen molar-refractivity contribution in [3.05, 3.63) is 0 Å². The lowest BCUT2D eigenvalue weighted by Crippen LogP contribution is -2.49. The average Bonchev–Trinajstić information content (AvgIpc) is 2.46. The SMILES string of the molecule is CCNC(C#N)(CC)CCCN1CC(C)OCC1CC. The Bertz CT molecular complexity index is 315. The molecular weight excluding hydrogens is 250 g/mol. The maximum Gasteiger partial charge on any atom is 0.106 e. The van der Waals surface area contributed by atoms with Crippen LogP contribution in [0.25, 0.3) is 0 Å². The van der Waals surface area contributed by atoms with Crippen molar-refractivity contribution in [1.29, 1.82) is 5.26 Å². The normalized spacial score (nSPS) is 26.9. The van der Waals surface area contributed by atoms with Gasteiger partial charge in [0.25, 0.3) is 0 Å².